The molecule has 0 saturated carbocycles. The molecule has 0 aliphatic heterocycles. The summed E-state index contributed by atoms with van der Waals surface area (Å²) < 4.78 is 2.06. The number of hydrogen-bond acceptors (Lipinski definition) is 2. The highest BCUT2D eigenvalue weighted by molar-refractivity contribution is 5.79. The van der Waals surface area contributed by atoms with Gasteiger partial charge in [0, 0.05) is 5.56 Å². The third-order valence-electron chi connectivity index (χ3n) is 5.50. The summed E-state index contributed by atoms with van der Waals surface area (Å²) in [6, 6.07) is 20.1. The van der Waals surface area contributed by atoms with Crippen molar-refractivity contribution in [2.75, 3.05) is 0 Å². The number of aryl methyl sites for hydroxylation is 1. The van der Waals surface area contributed by atoms with Crippen LogP contribution in [0.15, 0.2) is 60.7 Å². The van der Waals surface area contributed by atoms with E-state index < -0.39 is 0 Å². The third kappa shape index (κ3) is 3.72. The first-order chi connectivity index (χ1) is 13.4. The minimum Gasteiger partial charge on any atom is -0.349 e. The Hall–Kier alpha value is -2.88. The van der Waals surface area contributed by atoms with Crippen LogP contribution in [0, 0.1) is 12.3 Å². The van der Waals surface area contributed by atoms with Gasteiger partial charge in [0.25, 0.3) is 0 Å². The van der Waals surface area contributed by atoms with Gasteiger partial charge in [-0.25, -0.2) is 4.68 Å². The van der Waals surface area contributed by atoms with E-state index in [1.807, 2.05) is 55.5 Å². The zero-order chi connectivity index (χ0) is 19.7. The average molecular weight is 374 g/mol. The number of carbonyl (C=O) groups excluding carboxylic acids is 1. The van der Waals surface area contributed by atoms with Crippen molar-refractivity contribution in [1.82, 2.24) is 15.1 Å². The van der Waals surface area contributed by atoms with Crippen LogP contribution in [0.5, 0.6) is 0 Å². The molecule has 0 fully saturated rings. The fraction of sp³-hybridized carbons (Fsp3) is 0.333. The summed E-state index contributed by atoms with van der Waals surface area (Å²) in [6.45, 7) is 6.58. The molecule has 1 heterocycles. The normalized spacial score (nSPS) is 17.8. The van der Waals surface area contributed by atoms with Crippen LogP contribution in [0.1, 0.15) is 48.8 Å². The van der Waals surface area contributed by atoms with E-state index in [1.165, 1.54) is 11.3 Å². The van der Waals surface area contributed by atoms with Gasteiger partial charge in [-0.15, -0.1) is 0 Å². The van der Waals surface area contributed by atoms with Crippen molar-refractivity contribution in [3.05, 3.63) is 83.2 Å². The van der Waals surface area contributed by atoms with Gasteiger partial charge in [0.2, 0.25) is 5.91 Å². The SMILES string of the molecule is Cc1nn(-c2ccccc2)c2c1C(NC(=O)Cc1ccccc1)CC(C)(C)C2. The third-order valence-corrected chi connectivity index (χ3v) is 5.50. The summed E-state index contributed by atoms with van der Waals surface area (Å²) in [5, 5.41) is 8.13. The molecular weight excluding hydrogens is 346 g/mol. The fourth-order valence-corrected chi connectivity index (χ4v) is 4.32. The maximum absolute atomic E-state index is 12.8. The lowest BCUT2D eigenvalue weighted by Crippen LogP contribution is -2.37. The highest BCUT2D eigenvalue weighted by Gasteiger charge is 2.37. The van der Waals surface area contributed by atoms with Gasteiger partial charge >= 0.3 is 0 Å². The first-order valence-electron chi connectivity index (χ1n) is 9.90. The lowest BCUT2D eigenvalue weighted by molar-refractivity contribution is -0.121. The maximum Gasteiger partial charge on any atom is 0.224 e. The number of aromatic nitrogens is 2. The second-order valence-electron chi connectivity index (χ2n) is 8.52. The number of para-hydroxylation sites is 1. The van der Waals surface area contributed by atoms with E-state index in [2.05, 4.69) is 36.0 Å². The number of amides is 1. The molecular formula is C24H27N3O. The zero-order valence-corrected chi connectivity index (χ0v) is 16.8. The molecule has 1 aromatic heterocycles. The summed E-state index contributed by atoms with van der Waals surface area (Å²) in [5.41, 5.74) is 5.59. The van der Waals surface area contributed by atoms with E-state index in [-0.39, 0.29) is 17.4 Å². The Kier molecular flexibility index (Phi) is 4.80. The van der Waals surface area contributed by atoms with E-state index in [0.29, 0.717) is 6.42 Å². The fourth-order valence-electron chi connectivity index (χ4n) is 4.32. The van der Waals surface area contributed by atoms with E-state index >= 15 is 0 Å². The van der Waals surface area contributed by atoms with Crippen LogP contribution in [0.3, 0.4) is 0 Å². The molecule has 1 amide bonds. The Balaban J connectivity index is 1.65. The summed E-state index contributed by atoms with van der Waals surface area (Å²) in [7, 11) is 0. The summed E-state index contributed by atoms with van der Waals surface area (Å²) in [5.74, 6) is 0.0618. The second-order valence-corrected chi connectivity index (χ2v) is 8.52. The van der Waals surface area contributed by atoms with E-state index in [4.69, 9.17) is 5.10 Å². The number of hydrogen-bond donors (Lipinski definition) is 1. The topological polar surface area (TPSA) is 46.9 Å². The molecule has 28 heavy (non-hydrogen) atoms. The maximum atomic E-state index is 12.8. The number of rotatable bonds is 4. The van der Waals surface area contributed by atoms with Crippen molar-refractivity contribution in [2.24, 2.45) is 5.41 Å². The summed E-state index contributed by atoms with van der Waals surface area (Å²) in [6.07, 6.45) is 2.27. The number of benzene rings is 2. The highest BCUT2D eigenvalue weighted by atomic mass is 16.1. The smallest absolute Gasteiger partial charge is 0.224 e. The molecule has 2 aromatic carbocycles. The Morgan fingerprint density at radius 3 is 2.43 bits per heavy atom. The lowest BCUT2D eigenvalue weighted by Gasteiger charge is -2.36. The van der Waals surface area contributed by atoms with Crippen LogP contribution in [0.4, 0.5) is 0 Å². The van der Waals surface area contributed by atoms with Crippen molar-refractivity contribution in [2.45, 2.75) is 46.1 Å². The van der Waals surface area contributed by atoms with Gasteiger partial charge in [-0.2, -0.15) is 5.10 Å². The van der Waals surface area contributed by atoms with Gasteiger partial charge in [-0.05, 0) is 42.9 Å². The van der Waals surface area contributed by atoms with E-state index in [9.17, 15) is 4.79 Å². The number of carbonyl (C=O) groups is 1. The Labute approximate surface area is 166 Å². The van der Waals surface area contributed by atoms with Crippen LogP contribution < -0.4 is 5.32 Å². The van der Waals surface area contributed by atoms with Crippen LogP contribution in [-0.2, 0) is 17.6 Å². The molecule has 1 atom stereocenters. The summed E-state index contributed by atoms with van der Waals surface area (Å²) in [4.78, 5) is 12.8. The van der Waals surface area contributed by atoms with Gasteiger partial charge in [-0.3, -0.25) is 4.79 Å². The number of fused-ring (bicyclic) bond motifs is 1. The number of nitrogens with zero attached hydrogens (tertiary/aromatic N) is 2. The van der Waals surface area contributed by atoms with Crippen LogP contribution >= 0.6 is 0 Å². The molecule has 1 unspecified atom stereocenters. The monoisotopic (exact) mass is 373 g/mol. The molecule has 0 spiro atoms. The largest absolute Gasteiger partial charge is 0.349 e. The highest BCUT2D eigenvalue weighted by Crippen LogP contribution is 2.42. The first-order valence-corrected chi connectivity index (χ1v) is 9.90. The van der Waals surface area contributed by atoms with Gasteiger partial charge in [0.05, 0.1) is 29.5 Å². The second kappa shape index (κ2) is 7.27. The van der Waals surface area contributed by atoms with Crippen molar-refractivity contribution >= 4 is 5.91 Å². The Bertz CT molecular complexity index is 974. The van der Waals surface area contributed by atoms with Crippen molar-refractivity contribution in [1.29, 1.82) is 0 Å². The Morgan fingerprint density at radius 1 is 1.11 bits per heavy atom. The quantitative estimate of drug-likeness (QED) is 0.729. The van der Waals surface area contributed by atoms with Crippen LogP contribution in [0.2, 0.25) is 0 Å². The molecule has 4 nitrogen and oxygen atoms in total. The predicted molar refractivity (Wildman–Crippen MR) is 111 cm³/mol. The average Bonchev–Trinajstić information content (AvgIpc) is 2.98. The van der Waals surface area contributed by atoms with Gasteiger partial charge < -0.3 is 5.32 Å². The van der Waals surface area contributed by atoms with Gasteiger partial charge in [-0.1, -0.05) is 62.4 Å². The van der Waals surface area contributed by atoms with Gasteiger partial charge in [0.15, 0.2) is 0 Å². The van der Waals surface area contributed by atoms with E-state index in [1.54, 1.807) is 0 Å². The molecule has 0 radical (unpaired) electrons. The molecule has 4 rings (SSSR count). The standard InChI is InChI=1S/C24H27N3O/c1-17-23-20(25-22(28)14-18-10-6-4-7-11-18)15-24(2,3)16-21(23)27(26-17)19-12-8-5-9-13-19/h4-13,20H,14-16H2,1-3H3,(H,25,28). The molecule has 0 saturated heterocycles. The predicted octanol–water partition coefficient (Wildman–Crippen LogP) is 4.55. The van der Waals surface area contributed by atoms with E-state index in [0.717, 1.165) is 29.8 Å². The molecule has 4 heteroatoms. The van der Waals surface area contributed by atoms with Crippen LogP contribution in [0.25, 0.3) is 5.69 Å². The molecule has 1 aliphatic rings. The first kappa shape index (κ1) is 18.5. The summed E-state index contributed by atoms with van der Waals surface area (Å²) >= 11 is 0. The molecule has 3 aromatic rings. The number of nitrogens with one attached hydrogen (secondary N) is 1. The molecule has 1 aliphatic carbocycles. The zero-order valence-electron chi connectivity index (χ0n) is 16.8. The van der Waals surface area contributed by atoms with Crippen LogP contribution in [-0.4, -0.2) is 15.7 Å². The van der Waals surface area contributed by atoms with Crippen molar-refractivity contribution in [3.8, 4) is 5.69 Å². The van der Waals surface area contributed by atoms with Gasteiger partial charge in [0.1, 0.15) is 0 Å². The van der Waals surface area contributed by atoms with Crippen molar-refractivity contribution in [3.63, 3.8) is 0 Å². The molecule has 144 valence electrons. The Morgan fingerprint density at radius 2 is 1.75 bits per heavy atom. The minimum absolute atomic E-state index is 0.00701. The minimum atomic E-state index is -0.00701. The molecule has 1 N–H and O–H groups in total. The lowest BCUT2D eigenvalue weighted by atomic mass is 9.73. The van der Waals surface area contributed by atoms with Crippen molar-refractivity contribution < 1.29 is 4.79 Å². The molecule has 0 bridgehead atoms.